The smallest absolute Gasteiger partial charge is 0.123 e. The number of benzene rings is 1. The van der Waals surface area contributed by atoms with Gasteiger partial charge in [0.2, 0.25) is 0 Å². The minimum atomic E-state index is -0.611. The fourth-order valence-electron chi connectivity index (χ4n) is 2.43. The van der Waals surface area contributed by atoms with Gasteiger partial charge in [0.05, 0.1) is 5.69 Å². The van der Waals surface area contributed by atoms with Gasteiger partial charge < -0.3 is 5.73 Å². The fourth-order valence-corrected chi connectivity index (χ4v) is 2.43. The Balaban J connectivity index is 2.30. The number of hydrogen-bond acceptors (Lipinski definition) is 2. The quantitative estimate of drug-likeness (QED) is 0.911. The Hall–Kier alpha value is -1.68. The lowest BCUT2D eigenvalue weighted by Crippen LogP contribution is -2.36. The SMILES string of the molecule is CCc1cc(CC(C)(N)c2cccc(F)c2)n(CC)n1. The summed E-state index contributed by atoms with van der Waals surface area (Å²) in [5.74, 6) is -0.252. The van der Waals surface area contributed by atoms with E-state index in [9.17, 15) is 4.39 Å². The zero-order valence-electron chi connectivity index (χ0n) is 12.4. The van der Waals surface area contributed by atoms with Gasteiger partial charge in [-0.2, -0.15) is 5.10 Å². The van der Waals surface area contributed by atoms with Crippen LogP contribution in [0.25, 0.3) is 0 Å². The van der Waals surface area contributed by atoms with E-state index >= 15 is 0 Å². The highest BCUT2D eigenvalue weighted by Gasteiger charge is 2.24. The summed E-state index contributed by atoms with van der Waals surface area (Å²) in [6.45, 7) is 6.89. The molecule has 2 aromatic rings. The van der Waals surface area contributed by atoms with Crippen molar-refractivity contribution >= 4 is 0 Å². The van der Waals surface area contributed by atoms with Crippen LogP contribution in [0.4, 0.5) is 4.39 Å². The van der Waals surface area contributed by atoms with Gasteiger partial charge in [-0.3, -0.25) is 4.68 Å². The summed E-state index contributed by atoms with van der Waals surface area (Å²) in [6.07, 6.45) is 1.54. The zero-order chi connectivity index (χ0) is 14.8. The number of aryl methyl sites for hydroxylation is 2. The van der Waals surface area contributed by atoms with E-state index < -0.39 is 5.54 Å². The molecule has 0 aliphatic carbocycles. The van der Waals surface area contributed by atoms with Crippen molar-refractivity contribution < 1.29 is 4.39 Å². The Morgan fingerprint density at radius 3 is 2.65 bits per heavy atom. The average Bonchev–Trinajstić information content (AvgIpc) is 2.80. The number of nitrogens with zero attached hydrogens (tertiary/aromatic N) is 2. The van der Waals surface area contributed by atoms with Crippen LogP contribution in [0.1, 0.15) is 37.7 Å². The molecule has 1 atom stereocenters. The average molecular weight is 275 g/mol. The lowest BCUT2D eigenvalue weighted by Gasteiger charge is -2.25. The van der Waals surface area contributed by atoms with Crippen LogP contribution in [0.3, 0.4) is 0 Å². The van der Waals surface area contributed by atoms with Crippen LogP contribution in [0.5, 0.6) is 0 Å². The summed E-state index contributed by atoms with van der Waals surface area (Å²) in [5.41, 5.74) is 8.76. The van der Waals surface area contributed by atoms with Gasteiger partial charge in [0.15, 0.2) is 0 Å². The molecule has 108 valence electrons. The van der Waals surface area contributed by atoms with Gasteiger partial charge in [-0.05, 0) is 44.0 Å². The molecule has 0 amide bonds. The van der Waals surface area contributed by atoms with Crippen LogP contribution in [0.2, 0.25) is 0 Å². The maximum absolute atomic E-state index is 13.4. The van der Waals surface area contributed by atoms with E-state index in [2.05, 4.69) is 25.0 Å². The summed E-state index contributed by atoms with van der Waals surface area (Å²) in [6, 6.07) is 8.60. The van der Waals surface area contributed by atoms with E-state index in [4.69, 9.17) is 5.73 Å². The van der Waals surface area contributed by atoms with Gasteiger partial charge in [-0.1, -0.05) is 19.1 Å². The summed E-state index contributed by atoms with van der Waals surface area (Å²) in [4.78, 5) is 0. The molecule has 4 heteroatoms. The first-order chi connectivity index (χ1) is 9.46. The molecule has 2 N–H and O–H groups in total. The number of nitrogens with two attached hydrogens (primary N) is 1. The molecular formula is C16H22FN3. The zero-order valence-corrected chi connectivity index (χ0v) is 12.4. The Bertz CT molecular complexity index is 587. The molecule has 0 aliphatic heterocycles. The summed E-state index contributed by atoms with van der Waals surface area (Å²) in [7, 11) is 0. The third-order valence-corrected chi connectivity index (χ3v) is 3.61. The van der Waals surface area contributed by atoms with E-state index in [1.807, 2.05) is 17.7 Å². The van der Waals surface area contributed by atoms with Gasteiger partial charge in [-0.25, -0.2) is 4.39 Å². The molecule has 0 saturated heterocycles. The largest absolute Gasteiger partial charge is 0.321 e. The Labute approximate surface area is 119 Å². The molecule has 1 aromatic heterocycles. The molecular weight excluding hydrogens is 253 g/mol. The monoisotopic (exact) mass is 275 g/mol. The Morgan fingerprint density at radius 1 is 1.30 bits per heavy atom. The molecule has 0 spiro atoms. The van der Waals surface area contributed by atoms with E-state index in [0.717, 1.165) is 29.9 Å². The minimum Gasteiger partial charge on any atom is -0.321 e. The van der Waals surface area contributed by atoms with Crippen molar-refractivity contribution in [1.29, 1.82) is 0 Å². The summed E-state index contributed by atoms with van der Waals surface area (Å²) >= 11 is 0. The maximum atomic E-state index is 13.4. The molecule has 2 rings (SSSR count). The molecule has 3 nitrogen and oxygen atoms in total. The molecule has 0 radical (unpaired) electrons. The standard InChI is InChI=1S/C16H22FN3/c1-4-14-10-15(20(5-2)19-14)11-16(3,18)12-7-6-8-13(17)9-12/h6-10H,4-5,11,18H2,1-3H3. The van der Waals surface area contributed by atoms with Gasteiger partial charge in [0.1, 0.15) is 5.82 Å². The highest BCUT2D eigenvalue weighted by molar-refractivity contribution is 5.27. The topological polar surface area (TPSA) is 43.8 Å². The third kappa shape index (κ3) is 3.07. The molecule has 20 heavy (non-hydrogen) atoms. The first-order valence-electron chi connectivity index (χ1n) is 7.06. The fraction of sp³-hybridized carbons (Fsp3) is 0.438. The Kier molecular flexibility index (Phi) is 4.23. The lowest BCUT2D eigenvalue weighted by molar-refractivity contribution is 0.460. The van der Waals surface area contributed by atoms with Crippen LogP contribution >= 0.6 is 0 Å². The predicted octanol–water partition coefficient (Wildman–Crippen LogP) is 3.02. The second-order valence-electron chi connectivity index (χ2n) is 5.40. The predicted molar refractivity (Wildman–Crippen MR) is 78.9 cm³/mol. The van der Waals surface area contributed by atoms with Crippen molar-refractivity contribution in [2.24, 2.45) is 5.73 Å². The van der Waals surface area contributed by atoms with Crippen LogP contribution in [-0.2, 0) is 24.9 Å². The number of aromatic nitrogens is 2. The van der Waals surface area contributed by atoms with Crippen molar-refractivity contribution in [1.82, 2.24) is 9.78 Å². The summed E-state index contributed by atoms with van der Waals surface area (Å²) in [5, 5.41) is 4.53. The van der Waals surface area contributed by atoms with Crippen LogP contribution in [-0.4, -0.2) is 9.78 Å². The third-order valence-electron chi connectivity index (χ3n) is 3.61. The van der Waals surface area contributed by atoms with Crippen LogP contribution < -0.4 is 5.73 Å². The first kappa shape index (κ1) is 14.7. The van der Waals surface area contributed by atoms with Crippen molar-refractivity contribution in [3.63, 3.8) is 0 Å². The van der Waals surface area contributed by atoms with Crippen molar-refractivity contribution in [2.75, 3.05) is 0 Å². The van der Waals surface area contributed by atoms with Gasteiger partial charge >= 0.3 is 0 Å². The van der Waals surface area contributed by atoms with E-state index in [1.54, 1.807) is 6.07 Å². The summed E-state index contributed by atoms with van der Waals surface area (Å²) < 4.78 is 15.3. The van der Waals surface area contributed by atoms with Gasteiger partial charge in [0, 0.05) is 24.2 Å². The lowest BCUT2D eigenvalue weighted by atomic mass is 9.88. The van der Waals surface area contributed by atoms with E-state index in [1.165, 1.54) is 12.1 Å². The second kappa shape index (κ2) is 5.75. The van der Waals surface area contributed by atoms with Crippen molar-refractivity contribution in [3.05, 3.63) is 53.1 Å². The van der Waals surface area contributed by atoms with Crippen LogP contribution in [0, 0.1) is 5.82 Å². The molecule has 1 unspecified atom stereocenters. The normalized spacial score (nSPS) is 14.2. The maximum Gasteiger partial charge on any atom is 0.123 e. The highest BCUT2D eigenvalue weighted by Crippen LogP contribution is 2.24. The van der Waals surface area contributed by atoms with Gasteiger partial charge in [-0.15, -0.1) is 0 Å². The molecule has 1 heterocycles. The number of halogens is 1. The first-order valence-corrected chi connectivity index (χ1v) is 7.06. The molecule has 0 bridgehead atoms. The Morgan fingerprint density at radius 2 is 2.05 bits per heavy atom. The molecule has 0 saturated carbocycles. The van der Waals surface area contributed by atoms with Crippen molar-refractivity contribution in [3.8, 4) is 0 Å². The highest BCUT2D eigenvalue weighted by atomic mass is 19.1. The second-order valence-corrected chi connectivity index (χ2v) is 5.40. The number of hydrogen-bond donors (Lipinski definition) is 1. The van der Waals surface area contributed by atoms with Crippen molar-refractivity contribution in [2.45, 2.75) is 45.7 Å². The van der Waals surface area contributed by atoms with Gasteiger partial charge in [0.25, 0.3) is 0 Å². The molecule has 0 aliphatic rings. The van der Waals surface area contributed by atoms with E-state index in [-0.39, 0.29) is 5.82 Å². The van der Waals surface area contributed by atoms with Crippen LogP contribution in [0.15, 0.2) is 30.3 Å². The van der Waals surface area contributed by atoms with E-state index in [0.29, 0.717) is 6.42 Å². The molecule has 1 aromatic carbocycles. The molecule has 0 fully saturated rings. The number of rotatable bonds is 5. The minimum absolute atomic E-state index is 0.252.